The summed E-state index contributed by atoms with van der Waals surface area (Å²) >= 11 is 0. The fraction of sp³-hybridized carbons (Fsp3) is 0.375. The molecule has 1 fully saturated rings. The average molecular weight is 476 g/mol. The van der Waals surface area contributed by atoms with E-state index >= 15 is 0 Å². The minimum absolute atomic E-state index is 0.0545. The summed E-state index contributed by atoms with van der Waals surface area (Å²) in [5.41, 5.74) is 3.46. The molecular formula is C24H29N9O2. The number of carbonyl (C=O) groups is 1. The molecule has 1 aromatic carbocycles. The summed E-state index contributed by atoms with van der Waals surface area (Å²) in [7, 11) is 0. The van der Waals surface area contributed by atoms with Gasteiger partial charge in [0.05, 0.1) is 12.0 Å². The first-order valence-electron chi connectivity index (χ1n) is 11.8. The summed E-state index contributed by atoms with van der Waals surface area (Å²) in [6, 6.07) is 10.1. The van der Waals surface area contributed by atoms with Crippen molar-refractivity contribution in [1.82, 2.24) is 34.2 Å². The van der Waals surface area contributed by atoms with Gasteiger partial charge in [0.2, 0.25) is 5.95 Å². The van der Waals surface area contributed by atoms with Crippen molar-refractivity contribution in [3.63, 3.8) is 0 Å². The zero-order chi connectivity index (χ0) is 24.4. The molecule has 0 aliphatic carbocycles. The molecule has 1 aliphatic rings. The van der Waals surface area contributed by atoms with Gasteiger partial charge in [0.15, 0.2) is 17.0 Å². The second kappa shape index (κ2) is 9.61. The van der Waals surface area contributed by atoms with Crippen LogP contribution in [0.5, 0.6) is 0 Å². The molecular weight excluding hydrogens is 446 g/mol. The molecule has 3 N–H and O–H groups in total. The minimum Gasteiger partial charge on any atom is -0.465 e. The van der Waals surface area contributed by atoms with Crippen molar-refractivity contribution in [1.29, 1.82) is 0 Å². The van der Waals surface area contributed by atoms with Crippen LogP contribution < -0.4 is 10.6 Å². The number of rotatable bonds is 7. The lowest BCUT2D eigenvalue weighted by Crippen LogP contribution is -2.44. The van der Waals surface area contributed by atoms with Gasteiger partial charge in [-0.25, -0.2) is 14.5 Å². The number of anilines is 2. The van der Waals surface area contributed by atoms with Crippen molar-refractivity contribution < 1.29 is 9.90 Å². The summed E-state index contributed by atoms with van der Waals surface area (Å²) in [6.45, 7) is 5.63. The first-order chi connectivity index (χ1) is 17.0. The Morgan fingerprint density at radius 3 is 2.86 bits per heavy atom. The Kier molecular flexibility index (Phi) is 6.21. The van der Waals surface area contributed by atoms with Gasteiger partial charge in [-0.2, -0.15) is 15.1 Å². The number of piperidine rings is 1. The summed E-state index contributed by atoms with van der Waals surface area (Å²) in [5, 5.41) is 20.6. The van der Waals surface area contributed by atoms with Gasteiger partial charge in [-0.05, 0) is 44.4 Å². The molecule has 0 saturated carbocycles. The lowest BCUT2D eigenvalue weighted by atomic mass is 10.1. The number of benzene rings is 1. The van der Waals surface area contributed by atoms with Crippen LogP contribution in [0.25, 0.3) is 16.9 Å². The van der Waals surface area contributed by atoms with Gasteiger partial charge in [-0.1, -0.05) is 18.2 Å². The highest BCUT2D eigenvalue weighted by Crippen LogP contribution is 2.25. The quantitative estimate of drug-likeness (QED) is 0.369. The van der Waals surface area contributed by atoms with Crippen molar-refractivity contribution >= 4 is 29.0 Å². The van der Waals surface area contributed by atoms with Crippen molar-refractivity contribution in [2.75, 3.05) is 23.7 Å². The van der Waals surface area contributed by atoms with E-state index in [4.69, 9.17) is 9.97 Å². The van der Waals surface area contributed by atoms with E-state index in [9.17, 15) is 9.90 Å². The van der Waals surface area contributed by atoms with Gasteiger partial charge in [0.1, 0.15) is 0 Å². The number of aromatic nitrogens is 6. The number of nitrogens with zero attached hydrogens (tertiary/aromatic N) is 7. The largest absolute Gasteiger partial charge is 0.465 e. The Morgan fingerprint density at radius 2 is 2.09 bits per heavy atom. The number of imidazole rings is 1. The third kappa shape index (κ3) is 4.75. The number of carboxylic acid groups (broad SMARTS) is 1. The first kappa shape index (κ1) is 22.6. The van der Waals surface area contributed by atoms with E-state index in [1.54, 1.807) is 12.5 Å². The van der Waals surface area contributed by atoms with Crippen LogP contribution >= 0.6 is 0 Å². The van der Waals surface area contributed by atoms with Crippen molar-refractivity contribution in [2.24, 2.45) is 0 Å². The standard InChI is InChI=1S/C24H29N9O2/c1-16(2)32-15-26-20-21(25-13-17-7-3-4-9-19(17)33-12-6-10-27-33)29-23(30-22(20)32)28-18-8-5-11-31(14-18)24(34)35/h3-4,6-7,9-10,12,15-16,18H,5,8,11,13-14H2,1-2H3,(H,34,35)(H2,25,28,29,30). The minimum atomic E-state index is -0.899. The molecule has 11 nitrogen and oxygen atoms in total. The third-order valence-electron chi connectivity index (χ3n) is 6.19. The van der Waals surface area contributed by atoms with Gasteiger partial charge in [0.25, 0.3) is 0 Å². The van der Waals surface area contributed by atoms with Gasteiger partial charge in [0, 0.05) is 44.1 Å². The Hall–Kier alpha value is -4.15. The molecule has 1 atom stereocenters. The van der Waals surface area contributed by atoms with E-state index in [2.05, 4.69) is 40.6 Å². The molecule has 182 valence electrons. The molecule has 0 bridgehead atoms. The Bertz CT molecular complexity index is 1320. The average Bonchev–Trinajstić information content (AvgIpc) is 3.53. The molecule has 1 aliphatic heterocycles. The number of nitrogens with one attached hydrogen (secondary N) is 2. The van der Waals surface area contributed by atoms with E-state index in [-0.39, 0.29) is 12.1 Å². The van der Waals surface area contributed by atoms with Crippen LogP contribution in [0.3, 0.4) is 0 Å². The molecule has 0 radical (unpaired) electrons. The van der Waals surface area contributed by atoms with E-state index in [1.807, 2.05) is 39.7 Å². The maximum atomic E-state index is 11.4. The third-order valence-corrected chi connectivity index (χ3v) is 6.19. The predicted octanol–water partition coefficient (Wildman–Crippen LogP) is 3.76. The monoisotopic (exact) mass is 475 g/mol. The van der Waals surface area contributed by atoms with Crippen LogP contribution in [0.1, 0.15) is 38.3 Å². The number of likely N-dealkylation sites (tertiary alicyclic amines) is 1. The number of hydrogen-bond acceptors (Lipinski definition) is 7. The highest BCUT2D eigenvalue weighted by atomic mass is 16.4. The van der Waals surface area contributed by atoms with Gasteiger partial charge < -0.3 is 25.2 Å². The van der Waals surface area contributed by atoms with Crippen molar-refractivity contribution in [3.05, 3.63) is 54.6 Å². The molecule has 1 unspecified atom stereocenters. The highest BCUT2D eigenvalue weighted by Gasteiger charge is 2.24. The fourth-order valence-electron chi connectivity index (χ4n) is 4.41. The van der Waals surface area contributed by atoms with E-state index < -0.39 is 6.09 Å². The van der Waals surface area contributed by atoms with Crippen LogP contribution in [0.15, 0.2) is 49.1 Å². The smallest absolute Gasteiger partial charge is 0.407 e. The Balaban J connectivity index is 1.44. The molecule has 11 heteroatoms. The van der Waals surface area contributed by atoms with Gasteiger partial charge in [-0.3, -0.25) is 0 Å². The number of amides is 1. The summed E-state index contributed by atoms with van der Waals surface area (Å²) in [4.78, 5) is 27.0. The number of fused-ring (bicyclic) bond motifs is 1. The maximum absolute atomic E-state index is 11.4. The van der Waals surface area contributed by atoms with E-state index in [0.29, 0.717) is 36.9 Å². The number of para-hydroxylation sites is 1. The second-order valence-corrected chi connectivity index (χ2v) is 8.96. The van der Waals surface area contributed by atoms with Crippen molar-refractivity contribution in [2.45, 2.75) is 45.3 Å². The molecule has 4 aromatic rings. The van der Waals surface area contributed by atoms with Gasteiger partial charge in [-0.15, -0.1) is 0 Å². The molecule has 3 aromatic heterocycles. The molecule has 0 spiro atoms. The zero-order valence-corrected chi connectivity index (χ0v) is 19.8. The second-order valence-electron chi connectivity index (χ2n) is 8.96. The highest BCUT2D eigenvalue weighted by molar-refractivity contribution is 5.84. The molecule has 1 amide bonds. The Labute approximate surface area is 202 Å². The summed E-state index contributed by atoms with van der Waals surface area (Å²) in [5.74, 6) is 1.08. The topological polar surface area (TPSA) is 126 Å². The molecule has 5 rings (SSSR count). The normalized spacial score (nSPS) is 16.1. The van der Waals surface area contributed by atoms with Crippen LogP contribution in [0, 0.1) is 0 Å². The van der Waals surface area contributed by atoms with Crippen LogP contribution in [-0.4, -0.2) is 64.5 Å². The first-order valence-corrected chi connectivity index (χ1v) is 11.8. The molecule has 1 saturated heterocycles. The van der Waals surface area contributed by atoms with Crippen molar-refractivity contribution in [3.8, 4) is 5.69 Å². The van der Waals surface area contributed by atoms with Gasteiger partial charge >= 0.3 is 6.09 Å². The van der Waals surface area contributed by atoms with Crippen LogP contribution in [-0.2, 0) is 6.54 Å². The maximum Gasteiger partial charge on any atom is 0.407 e. The van der Waals surface area contributed by atoms with E-state index in [1.165, 1.54) is 4.90 Å². The Morgan fingerprint density at radius 1 is 1.23 bits per heavy atom. The van der Waals surface area contributed by atoms with E-state index in [0.717, 1.165) is 29.7 Å². The zero-order valence-electron chi connectivity index (χ0n) is 19.8. The molecule has 4 heterocycles. The molecule has 35 heavy (non-hydrogen) atoms. The lowest BCUT2D eigenvalue weighted by molar-refractivity contribution is 0.132. The number of hydrogen-bond donors (Lipinski definition) is 3. The summed E-state index contributed by atoms with van der Waals surface area (Å²) < 4.78 is 3.85. The SMILES string of the molecule is CC(C)n1cnc2c(NCc3ccccc3-n3cccn3)nc(NC3CCCN(C(=O)O)C3)nc21. The lowest BCUT2D eigenvalue weighted by Gasteiger charge is -2.31. The predicted molar refractivity (Wildman–Crippen MR) is 133 cm³/mol. The fourth-order valence-corrected chi connectivity index (χ4v) is 4.41. The van der Waals surface area contributed by atoms with Crippen LogP contribution in [0.2, 0.25) is 0 Å². The summed E-state index contributed by atoms with van der Waals surface area (Å²) in [6.07, 6.45) is 6.21. The van der Waals surface area contributed by atoms with Crippen LogP contribution in [0.4, 0.5) is 16.6 Å².